The van der Waals surface area contributed by atoms with Gasteiger partial charge in [0.25, 0.3) is 0 Å². The maximum Gasteiger partial charge on any atom is 0.186 e. The summed E-state index contributed by atoms with van der Waals surface area (Å²) in [5.41, 5.74) is 5.49. The molecule has 0 spiro atoms. The van der Waals surface area contributed by atoms with Crippen molar-refractivity contribution in [2.45, 2.75) is 103 Å². The molecule has 0 fully saturated rings. The van der Waals surface area contributed by atoms with Crippen molar-refractivity contribution in [1.29, 1.82) is 0 Å². The molecule has 0 aromatic carbocycles. The van der Waals surface area contributed by atoms with Crippen LogP contribution in [0.1, 0.15) is 84.0 Å². The minimum Gasteiger partial charge on any atom is -0.418 e. The van der Waals surface area contributed by atoms with Crippen LogP contribution in [0, 0.1) is 0 Å². The van der Waals surface area contributed by atoms with Gasteiger partial charge in [-0.1, -0.05) is 70.6 Å². The van der Waals surface area contributed by atoms with Gasteiger partial charge in [-0.15, -0.1) is 0 Å². The van der Waals surface area contributed by atoms with Gasteiger partial charge in [-0.2, -0.15) is 0 Å². The fourth-order valence-corrected chi connectivity index (χ4v) is 4.95. The zero-order valence-electron chi connectivity index (χ0n) is 15.1. The van der Waals surface area contributed by atoms with Crippen molar-refractivity contribution in [3.63, 3.8) is 0 Å². The molecule has 0 aromatic heterocycles. The summed E-state index contributed by atoms with van der Waals surface area (Å²) in [6.45, 7) is 8.58. The van der Waals surface area contributed by atoms with E-state index in [4.69, 9.17) is 10.2 Å². The van der Waals surface area contributed by atoms with Crippen molar-refractivity contribution in [3.8, 4) is 0 Å². The Labute approximate surface area is 135 Å². The molecule has 0 saturated carbocycles. The molecule has 0 saturated heterocycles. The van der Waals surface area contributed by atoms with Crippen LogP contribution in [-0.2, 0) is 4.43 Å². The number of hydrogen-bond donors (Lipinski definition) is 1. The molecule has 0 rings (SSSR count). The van der Waals surface area contributed by atoms with E-state index in [0.29, 0.717) is 0 Å². The van der Waals surface area contributed by atoms with E-state index in [1.54, 1.807) is 0 Å². The van der Waals surface area contributed by atoms with Crippen LogP contribution < -0.4 is 5.73 Å². The lowest BCUT2D eigenvalue weighted by atomic mass is 10.1. The van der Waals surface area contributed by atoms with Gasteiger partial charge in [0.2, 0.25) is 0 Å². The summed E-state index contributed by atoms with van der Waals surface area (Å²) in [5, 5.41) is 0. The molecule has 0 radical (unpaired) electrons. The van der Waals surface area contributed by atoms with E-state index in [9.17, 15) is 0 Å². The van der Waals surface area contributed by atoms with Crippen LogP contribution in [0.4, 0.5) is 0 Å². The first-order valence-electron chi connectivity index (χ1n) is 9.46. The topological polar surface area (TPSA) is 35.2 Å². The fourth-order valence-electron chi connectivity index (χ4n) is 2.93. The Bertz CT molecular complexity index is 209. The van der Waals surface area contributed by atoms with Gasteiger partial charge < -0.3 is 10.2 Å². The van der Waals surface area contributed by atoms with Gasteiger partial charge >= 0.3 is 0 Å². The first-order chi connectivity index (χ1) is 10.1. The van der Waals surface area contributed by atoms with Crippen molar-refractivity contribution in [2.75, 3.05) is 13.2 Å². The van der Waals surface area contributed by atoms with Gasteiger partial charge in [-0.25, -0.2) is 0 Å². The van der Waals surface area contributed by atoms with E-state index in [0.717, 1.165) is 13.2 Å². The summed E-state index contributed by atoms with van der Waals surface area (Å²) < 4.78 is 5.87. The van der Waals surface area contributed by atoms with Crippen LogP contribution in [0.25, 0.3) is 0 Å². The summed E-state index contributed by atoms with van der Waals surface area (Å²) in [6, 6.07) is 1.34. The highest BCUT2D eigenvalue weighted by molar-refractivity contribution is 6.71. The Kier molecular flexibility index (Phi) is 15.1. The Morgan fingerprint density at radius 1 is 0.667 bits per heavy atom. The van der Waals surface area contributed by atoms with E-state index in [-0.39, 0.29) is 0 Å². The van der Waals surface area contributed by atoms with Gasteiger partial charge in [0.15, 0.2) is 8.32 Å². The summed E-state index contributed by atoms with van der Waals surface area (Å²) in [7, 11) is -1.31. The van der Waals surface area contributed by atoms with Crippen LogP contribution in [0.15, 0.2) is 0 Å². The molecule has 2 N–H and O–H groups in total. The average Bonchev–Trinajstić information content (AvgIpc) is 2.44. The molecule has 0 aliphatic rings. The highest BCUT2D eigenvalue weighted by Crippen LogP contribution is 2.17. The highest BCUT2D eigenvalue weighted by Gasteiger charge is 2.20. The molecule has 2 nitrogen and oxygen atoms in total. The van der Waals surface area contributed by atoms with E-state index < -0.39 is 8.32 Å². The zero-order valence-corrected chi connectivity index (χ0v) is 16.1. The summed E-state index contributed by atoms with van der Waals surface area (Å²) in [6.07, 6.45) is 16.7. The normalized spacial score (nSPS) is 12.0. The van der Waals surface area contributed by atoms with Crippen molar-refractivity contribution < 1.29 is 4.43 Å². The highest BCUT2D eigenvalue weighted by atomic mass is 28.4. The minimum absolute atomic E-state index is 0.865. The molecule has 0 amide bonds. The second-order valence-corrected chi connectivity index (χ2v) is 11.3. The van der Waals surface area contributed by atoms with E-state index in [1.165, 1.54) is 83.1 Å². The summed E-state index contributed by atoms with van der Waals surface area (Å²) >= 11 is 0. The van der Waals surface area contributed by atoms with Gasteiger partial charge in [-0.05, 0) is 39.0 Å². The first kappa shape index (κ1) is 21.1. The van der Waals surface area contributed by atoms with Gasteiger partial charge in [-0.3, -0.25) is 0 Å². The molecule has 0 aromatic rings. The van der Waals surface area contributed by atoms with Gasteiger partial charge in [0.05, 0.1) is 0 Å². The third kappa shape index (κ3) is 16.3. The maximum atomic E-state index is 5.87. The van der Waals surface area contributed by atoms with Crippen LogP contribution in [0.2, 0.25) is 19.1 Å². The van der Waals surface area contributed by atoms with E-state index in [2.05, 4.69) is 20.0 Å². The smallest absolute Gasteiger partial charge is 0.186 e. The molecule has 21 heavy (non-hydrogen) atoms. The SMILES string of the molecule is CCO[Si](C)(C)CCCCCCCCCCCCCCN. The second kappa shape index (κ2) is 15.0. The van der Waals surface area contributed by atoms with Crippen molar-refractivity contribution in [1.82, 2.24) is 0 Å². The molecule has 0 aliphatic heterocycles. The number of rotatable bonds is 16. The predicted molar refractivity (Wildman–Crippen MR) is 98.4 cm³/mol. The lowest BCUT2D eigenvalue weighted by Crippen LogP contribution is -2.29. The second-order valence-electron chi connectivity index (χ2n) is 6.97. The molecule has 0 unspecified atom stereocenters. The van der Waals surface area contributed by atoms with Crippen LogP contribution in [-0.4, -0.2) is 21.5 Å². The molecule has 0 aliphatic carbocycles. The Morgan fingerprint density at radius 3 is 1.43 bits per heavy atom. The minimum atomic E-state index is -1.31. The fraction of sp³-hybridized carbons (Fsp3) is 1.00. The standard InChI is InChI=1S/C18H41NOSi/c1-4-20-21(2,3)18-16-14-12-10-8-6-5-7-9-11-13-15-17-19/h4-19H2,1-3H3. The van der Waals surface area contributed by atoms with Crippen LogP contribution in [0.5, 0.6) is 0 Å². The molecular weight excluding hydrogens is 274 g/mol. The van der Waals surface area contributed by atoms with E-state index >= 15 is 0 Å². The molecule has 3 heteroatoms. The van der Waals surface area contributed by atoms with Crippen molar-refractivity contribution in [2.24, 2.45) is 5.73 Å². The van der Waals surface area contributed by atoms with Crippen molar-refractivity contribution in [3.05, 3.63) is 0 Å². The summed E-state index contributed by atoms with van der Waals surface area (Å²) in [4.78, 5) is 0. The Morgan fingerprint density at radius 2 is 1.05 bits per heavy atom. The average molecular weight is 316 g/mol. The lowest BCUT2D eigenvalue weighted by Gasteiger charge is -2.21. The number of unbranched alkanes of at least 4 members (excludes halogenated alkanes) is 11. The van der Waals surface area contributed by atoms with Gasteiger partial charge in [0, 0.05) is 6.61 Å². The maximum absolute atomic E-state index is 5.87. The third-order valence-corrected chi connectivity index (χ3v) is 6.90. The molecular formula is C18H41NOSi. The summed E-state index contributed by atoms with van der Waals surface area (Å²) in [5.74, 6) is 0. The first-order valence-corrected chi connectivity index (χ1v) is 12.6. The monoisotopic (exact) mass is 315 g/mol. The Hall–Kier alpha value is 0.137. The number of hydrogen-bond acceptors (Lipinski definition) is 2. The lowest BCUT2D eigenvalue weighted by molar-refractivity contribution is 0.327. The molecule has 0 heterocycles. The third-order valence-electron chi connectivity index (χ3n) is 4.27. The zero-order chi connectivity index (χ0) is 15.8. The molecule has 128 valence electrons. The largest absolute Gasteiger partial charge is 0.418 e. The van der Waals surface area contributed by atoms with Crippen LogP contribution >= 0.6 is 0 Å². The molecule has 0 atom stereocenters. The molecule has 0 bridgehead atoms. The predicted octanol–water partition coefficient (Wildman–Crippen LogP) is 5.87. The van der Waals surface area contributed by atoms with Crippen LogP contribution in [0.3, 0.4) is 0 Å². The van der Waals surface area contributed by atoms with Gasteiger partial charge in [0.1, 0.15) is 0 Å². The van der Waals surface area contributed by atoms with E-state index in [1.807, 2.05) is 0 Å². The quantitative estimate of drug-likeness (QED) is 0.285. The van der Waals surface area contributed by atoms with Crippen molar-refractivity contribution >= 4 is 8.32 Å². The number of nitrogens with two attached hydrogens (primary N) is 1. The Balaban J connectivity index is 3.12.